The fourth-order valence-electron chi connectivity index (χ4n) is 5.92. The maximum Gasteiger partial charge on any atom is 0.241 e. The number of carbonyl (C=O) groups is 1. The molecule has 1 aromatic carbocycles. The summed E-state index contributed by atoms with van der Waals surface area (Å²) in [5.74, 6) is -0.115. The van der Waals surface area contributed by atoms with Gasteiger partial charge in [-0.3, -0.25) is 19.6 Å². The van der Waals surface area contributed by atoms with Gasteiger partial charge in [0, 0.05) is 80.1 Å². The zero-order valence-corrected chi connectivity index (χ0v) is 22.5. The van der Waals surface area contributed by atoms with E-state index in [0.29, 0.717) is 37.2 Å². The van der Waals surface area contributed by atoms with Crippen molar-refractivity contribution in [2.45, 2.75) is 57.7 Å². The third-order valence-electron chi connectivity index (χ3n) is 8.16. The average molecular weight is 510 g/mol. The Kier molecular flexibility index (Phi) is 7.63. The summed E-state index contributed by atoms with van der Waals surface area (Å²) in [6.07, 6.45) is 2.28. The molecule has 7 nitrogen and oxygen atoms in total. The van der Waals surface area contributed by atoms with Gasteiger partial charge >= 0.3 is 0 Å². The van der Waals surface area contributed by atoms with Gasteiger partial charge in [-0.05, 0) is 31.5 Å². The molecule has 0 spiro atoms. The van der Waals surface area contributed by atoms with Crippen molar-refractivity contribution in [2.75, 3.05) is 57.4 Å². The normalized spacial score (nSPS) is 26.3. The number of hydrogen-bond acceptors (Lipinski definition) is 6. The van der Waals surface area contributed by atoms with Gasteiger partial charge in [-0.2, -0.15) is 0 Å². The molecule has 0 bridgehead atoms. The van der Waals surface area contributed by atoms with Gasteiger partial charge < -0.3 is 15.0 Å². The van der Waals surface area contributed by atoms with Crippen LogP contribution in [0.25, 0.3) is 0 Å². The number of anilines is 1. The maximum atomic E-state index is 14.3. The zero-order chi connectivity index (χ0) is 26.2. The lowest BCUT2D eigenvalue weighted by atomic mass is 9.88. The van der Waals surface area contributed by atoms with Crippen molar-refractivity contribution in [3.05, 3.63) is 59.2 Å². The summed E-state index contributed by atoms with van der Waals surface area (Å²) in [6, 6.07) is 9.78. The Morgan fingerprint density at radius 1 is 1.24 bits per heavy atom. The first-order chi connectivity index (χ1) is 17.7. The Labute approximate surface area is 220 Å². The first kappa shape index (κ1) is 26.2. The van der Waals surface area contributed by atoms with E-state index in [1.54, 1.807) is 12.1 Å². The van der Waals surface area contributed by atoms with E-state index < -0.39 is 0 Å². The number of halogens is 1. The predicted octanol–water partition coefficient (Wildman–Crippen LogP) is 2.82. The first-order valence-corrected chi connectivity index (χ1v) is 13.5. The smallest absolute Gasteiger partial charge is 0.241 e. The number of benzene rings is 1. The molecule has 1 aromatic heterocycles. The average Bonchev–Trinajstić information content (AvgIpc) is 3.14. The Hall–Kier alpha value is -2.39. The molecule has 0 unspecified atom stereocenters. The highest BCUT2D eigenvalue weighted by molar-refractivity contribution is 5.97. The Morgan fingerprint density at radius 2 is 2.05 bits per heavy atom. The second-order valence-electron chi connectivity index (χ2n) is 11.6. The summed E-state index contributed by atoms with van der Waals surface area (Å²) in [5, 5.41) is 3.61. The predicted molar refractivity (Wildman–Crippen MR) is 144 cm³/mol. The maximum absolute atomic E-state index is 14.3. The standard InChI is InChI=1S/C29H40FN5O2/c1-20-15-34(24(13-31-20)16-33-9-10-37-18-21(33)2)17-28(36)35-19-29(3,4)25-14-32-23(12-27(25)35)11-22-7-5-6-8-26(22)30/h5-8,12,14,20-21,24,31H,9-11,13,15-19H2,1-4H3/t20-,21-,24-/m1/s1. The van der Waals surface area contributed by atoms with E-state index in [0.717, 1.165) is 56.3 Å². The number of piperazine rings is 1. The van der Waals surface area contributed by atoms with Gasteiger partial charge in [0.05, 0.1) is 25.4 Å². The van der Waals surface area contributed by atoms with Gasteiger partial charge in [-0.15, -0.1) is 0 Å². The van der Waals surface area contributed by atoms with Crippen LogP contribution in [0.15, 0.2) is 36.5 Å². The number of fused-ring (bicyclic) bond motifs is 1. The SMILES string of the molecule is C[C@@H]1CN(CC(=O)N2CC(C)(C)c3cnc(Cc4ccccc4F)cc32)[C@@H](CN2CCOC[C@H]2C)CN1. The van der Waals surface area contributed by atoms with E-state index in [9.17, 15) is 9.18 Å². The summed E-state index contributed by atoms with van der Waals surface area (Å²) < 4.78 is 19.9. The third-order valence-corrected chi connectivity index (χ3v) is 8.16. The van der Waals surface area contributed by atoms with Crippen LogP contribution in [0.1, 0.15) is 44.5 Å². The van der Waals surface area contributed by atoms with Crippen molar-refractivity contribution >= 4 is 11.6 Å². The molecule has 8 heteroatoms. The fraction of sp³-hybridized carbons (Fsp3) is 0.586. The van der Waals surface area contributed by atoms with Crippen molar-refractivity contribution in [3.63, 3.8) is 0 Å². The highest BCUT2D eigenvalue weighted by Crippen LogP contribution is 2.40. The van der Waals surface area contributed by atoms with Crippen LogP contribution in [0.5, 0.6) is 0 Å². The highest BCUT2D eigenvalue weighted by atomic mass is 19.1. The number of rotatable bonds is 6. The molecular formula is C29H40FN5O2. The molecule has 5 rings (SSSR count). The van der Waals surface area contributed by atoms with Gasteiger partial charge in [-0.25, -0.2) is 4.39 Å². The summed E-state index contributed by atoms with van der Waals surface area (Å²) in [7, 11) is 0. The zero-order valence-electron chi connectivity index (χ0n) is 22.5. The third kappa shape index (κ3) is 5.72. The molecule has 2 fully saturated rings. The van der Waals surface area contributed by atoms with Crippen LogP contribution in [-0.2, 0) is 21.4 Å². The number of carbonyl (C=O) groups excluding carboxylic acids is 1. The Bertz CT molecular complexity index is 1130. The number of amides is 1. The van der Waals surface area contributed by atoms with E-state index in [1.165, 1.54) is 6.07 Å². The molecule has 200 valence electrons. The van der Waals surface area contributed by atoms with E-state index in [-0.39, 0.29) is 23.2 Å². The number of hydrogen-bond donors (Lipinski definition) is 1. The molecule has 0 saturated carbocycles. The lowest BCUT2D eigenvalue weighted by Gasteiger charge is -2.43. The van der Waals surface area contributed by atoms with Gasteiger partial charge in [0.25, 0.3) is 0 Å². The first-order valence-electron chi connectivity index (χ1n) is 13.5. The fourth-order valence-corrected chi connectivity index (χ4v) is 5.92. The number of morpholine rings is 1. The molecule has 2 aromatic rings. The van der Waals surface area contributed by atoms with E-state index >= 15 is 0 Å². The van der Waals surface area contributed by atoms with Crippen molar-refractivity contribution in [1.29, 1.82) is 0 Å². The molecule has 37 heavy (non-hydrogen) atoms. The van der Waals surface area contributed by atoms with Gasteiger partial charge in [0.2, 0.25) is 5.91 Å². The van der Waals surface area contributed by atoms with Gasteiger partial charge in [0.15, 0.2) is 0 Å². The van der Waals surface area contributed by atoms with Crippen LogP contribution in [0.4, 0.5) is 10.1 Å². The number of ether oxygens (including phenoxy) is 1. The number of aromatic nitrogens is 1. The van der Waals surface area contributed by atoms with E-state index in [1.807, 2.05) is 23.2 Å². The topological polar surface area (TPSA) is 60.9 Å². The second kappa shape index (κ2) is 10.8. The largest absolute Gasteiger partial charge is 0.379 e. The molecule has 4 heterocycles. The molecule has 1 amide bonds. The minimum atomic E-state index is -0.230. The molecule has 3 atom stereocenters. The molecule has 3 aliphatic heterocycles. The minimum absolute atomic E-state index is 0.115. The molecule has 0 radical (unpaired) electrons. The molecule has 3 aliphatic rings. The summed E-state index contributed by atoms with van der Waals surface area (Å²) >= 11 is 0. The second-order valence-corrected chi connectivity index (χ2v) is 11.6. The van der Waals surface area contributed by atoms with Crippen molar-refractivity contribution in [2.24, 2.45) is 0 Å². The van der Waals surface area contributed by atoms with Crippen LogP contribution in [-0.4, -0.2) is 91.3 Å². The number of nitrogens with zero attached hydrogens (tertiary/aromatic N) is 4. The van der Waals surface area contributed by atoms with Gasteiger partial charge in [-0.1, -0.05) is 32.0 Å². The number of pyridine rings is 1. The van der Waals surface area contributed by atoms with E-state index in [2.05, 4.69) is 47.8 Å². The van der Waals surface area contributed by atoms with Crippen molar-refractivity contribution in [3.8, 4) is 0 Å². The van der Waals surface area contributed by atoms with Crippen LogP contribution < -0.4 is 10.2 Å². The van der Waals surface area contributed by atoms with E-state index in [4.69, 9.17) is 4.74 Å². The number of nitrogens with one attached hydrogen (secondary N) is 1. The van der Waals surface area contributed by atoms with Crippen LogP contribution >= 0.6 is 0 Å². The molecular weight excluding hydrogens is 469 g/mol. The Morgan fingerprint density at radius 3 is 2.84 bits per heavy atom. The quantitative estimate of drug-likeness (QED) is 0.646. The molecule has 1 N–H and O–H groups in total. The monoisotopic (exact) mass is 509 g/mol. The molecule has 2 saturated heterocycles. The summed E-state index contributed by atoms with van der Waals surface area (Å²) in [4.78, 5) is 25.3. The Balaban J connectivity index is 1.34. The minimum Gasteiger partial charge on any atom is -0.379 e. The van der Waals surface area contributed by atoms with Gasteiger partial charge in [0.1, 0.15) is 5.82 Å². The molecule has 0 aliphatic carbocycles. The van der Waals surface area contributed by atoms with Crippen molar-refractivity contribution in [1.82, 2.24) is 20.1 Å². The summed E-state index contributed by atoms with van der Waals surface area (Å²) in [5.41, 5.74) is 3.19. The lowest BCUT2D eigenvalue weighted by Crippen LogP contribution is -2.62. The van der Waals surface area contributed by atoms with Crippen LogP contribution in [0.2, 0.25) is 0 Å². The lowest BCUT2D eigenvalue weighted by molar-refractivity contribution is -0.121. The summed E-state index contributed by atoms with van der Waals surface area (Å²) in [6.45, 7) is 14.8. The van der Waals surface area contributed by atoms with Crippen LogP contribution in [0.3, 0.4) is 0 Å². The highest BCUT2D eigenvalue weighted by Gasteiger charge is 2.40. The van der Waals surface area contributed by atoms with Crippen molar-refractivity contribution < 1.29 is 13.9 Å². The van der Waals surface area contributed by atoms with Crippen LogP contribution in [0, 0.1) is 5.82 Å².